The summed E-state index contributed by atoms with van der Waals surface area (Å²) in [6, 6.07) is 0. The van der Waals surface area contributed by atoms with Crippen LogP contribution in [0.1, 0.15) is 40.0 Å². The molecule has 1 saturated carbocycles. The second kappa shape index (κ2) is 4.48. The highest BCUT2D eigenvalue weighted by Crippen LogP contribution is 2.49. The SMILES string of the molecule is C=C1CCC(C(C)(C)O)CC2C1C=CC2(C)OO. The lowest BCUT2D eigenvalue weighted by molar-refractivity contribution is -0.316. The molecule has 4 atom stereocenters. The van der Waals surface area contributed by atoms with Crippen molar-refractivity contribution in [3.63, 3.8) is 0 Å². The van der Waals surface area contributed by atoms with E-state index in [1.165, 1.54) is 5.57 Å². The molecule has 102 valence electrons. The van der Waals surface area contributed by atoms with Gasteiger partial charge in [-0.1, -0.05) is 24.3 Å². The van der Waals surface area contributed by atoms with Crippen LogP contribution in [0.25, 0.3) is 0 Å². The zero-order valence-electron chi connectivity index (χ0n) is 11.5. The molecule has 3 heteroatoms. The maximum atomic E-state index is 10.3. The third kappa shape index (κ3) is 2.27. The van der Waals surface area contributed by atoms with Crippen LogP contribution in [0.15, 0.2) is 24.3 Å². The minimum atomic E-state index is -0.700. The first-order valence-electron chi connectivity index (χ1n) is 6.70. The molecule has 0 aromatic heterocycles. The maximum Gasteiger partial charge on any atom is 0.122 e. The molecular formula is C15H24O3. The normalized spacial score (nSPS) is 40.7. The molecule has 18 heavy (non-hydrogen) atoms. The second-order valence-electron chi connectivity index (χ2n) is 6.55. The Hall–Kier alpha value is -0.640. The molecule has 0 saturated heterocycles. The van der Waals surface area contributed by atoms with E-state index >= 15 is 0 Å². The van der Waals surface area contributed by atoms with Crippen molar-refractivity contribution < 1.29 is 15.3 Å². The van der Waals surface area contributed by atoms with E-state index < -0.39 is 11.2 Å². The number of fused-ring (bicyclic) bond motifs is 1. The van der Waals surface area contributed by atoms with Crippen molar-refractivity contribution in [2.75, 3.05) is 0 Å². The highest BCUT2D eigenvalue weighted by molar-refractivity contribution is 5.26. The number of hydrogen-bond donors (Lipinski definition) is 2. The van der Waals surface area contributed by atoms with E-state index in [-0.39, 0.29) is 17.8 Å². The Bertz CT molecular complexity index is 366. The van der Waals surface area contributed by atoms with Crippen LogP contribution in [0.3, 0.4) is 0 Å². The van der Waals surface area contributed by atoms with Gasteiger partial charge >= 0.3 is 0 Å². The lowest BCUT2D eigenvalue weighted by atomic mass is 9.75. The predicted molar refractivity (Wildman–Crippen MR) is 71.0 cm³/mol. The molecule has 1 fully saturated rings. The van der Waals surface area contributed by atoms with Crippen molar-refractivity contribution in [2.45, 2.75) is 51.2 Å². The fourth-order valence-corrected chi connectivity index (χ4v) is 3.40. The number of aliphatic hydroxyl groups is 1. The third-order valence-electron chi connectivity index (χ3n) is 4.82. The summed E-state index contributed by atoms with van der Waals surface area (Å²) in [6.45, 7) is 9.78. The van der Waals surface area contributed by atoms with Crippen molar-refractivity contribution in [1.82, 2.24) is 0 Å². The van der Waals surface area contributed by atoms with Gasteiger partial charge < -0.3 is 5.11 Å². The van der Waals surface area contributed by atoms with Crippen LogP contribution in [0.5, 0.6) is 0 Å². The number of allylic oxidation sites excluding steroid dienone is 2. The highest BCUT2D eigenvalue weighted by Gasteiger charge is 2.47. The van der Waals surface area contributed by atoms with Crippen LogP contribution in [0.2, 0.25) is 0 Å². The van der Waals surface area contributed by atoms with Gasteiger partial charge in [0.15, 0.2) is 0 Å². The third-order valence-corrected chi connectivity index (χ3v) is 4.82. The Morgan fingerprint density at radius 2 is 2.17 bits per heavy atom. The topological polar surface area (TPSA) is 49.7 Å². The van der Waals surface area contributed by atoms with Gasteiger partial charge in [-0.3, -0.25) is 5.26 Å². The van der Waals surface area contributed by atoms with E-state index in [0.29, 0.717) is 0 Å². The smallest absolute Gasteiger partial charge is 0.122 e. The molecule has 0 spiro atoms. The van der Waals surface area contributed by atoms with Crippen LogP contribution in [0, 0.1) is 17.8 Å². The largest absolute Gasteiger partial charge is 0.390 e. The average Bonchev–Trinajstić information content (AvgIpc) is 2.49. The summed E-state index contributed by atoms with van der Waals surface area (Å²) in [5.41, 5.74) is -0.168. The Labute approximate surface area is 109 Å². The summed E-state index contributed by atoms with van der Waals surface area (Å²) in [4.78, 5) is 4.72. The lowest BCUT2D eigenvalue weighted by Crippen LogP contribution is -2.39. The number of rotatable bonds is 2. The first kappa shape index (κ1) is 13.8. The van der Waals surface area contributed by atoms with Gasteiger partial charge in [0, 0.05) is 11.8 Å². The van der Waals surface area contributed by atoms with Gasteiger partial charge in [0.05, 0.1) is 5.60 Å². The van der Waals surface area contributed by atoms with Crippen LogP contribution in [-0.2, 0) is 4.89 Å². The zero-order chi connectivity index (χ0) is 13.6. The molecule has 0 aliphatic heterocycles. The summed E-state index contributed by atoms with van der Waals surface area (Å²) in [5.74, 6) is 0.627. The molecular weight excluding hydrogens is 228 g/mol. The second-order valence-corrected chi connectivity index (χ2v) is 6.55. The van der Waals surface area contributed by atoms with Gasteiger partial charge in [-0.15, -0.1) is 0 Å². The summed E-state index contributed by atoms with van der Waals surface area (Å²) < 4.78 is 0. The summed E-state index contributed by atoms with van der Waals surface area (Å²) in [7, 11) is 0. The molecule has 2 N–H and O–H groups in total. The fourth-order valence-electron chi connectivity index (χ4n) is 3.40. The van der Waals surface area contributed by atoms with Crippen molar-refractivity contribution in [3.05, 3.63) is 24.3 Å². The van der Waals surface area contributed by atoms with Crippen molar-refractivity contribution in [1.29, 1.82) is 0 Å². The molecule has 2 aliphatic rings. The fraction of sp³-hybridized carbons (Fsp3) is 0.733. The standard InChI is InChI=1S/C15H24O3/c1-10-5-6-11(14(2,3)16)9-13-12(10)7-8-15(13,4)18-17/h7-8,11-13,16-17H,1,5-6,9H2,2-4H3. The molecule has 3 nitrogen and oxygen atoms in total. The van der Waals surface area contributed by atoms with Crippen LogP contribution >= 0.6 is 0 Å². The Morgan fingerprint density at radius 3 is 2.72 bits per heavy atom. The van der Waals surface area contributed by atoms with E-state index in [2.05, 4.69) is 12.7 Å². The summed E-state index contributed by atoms with van der Waals surface area (Å²) in [5, 5.41) is 19.5. The highest BCUT2D eigenvalue weighted by atomic mass is 17.1. The predicted octanol–water partition coefficient (Wildman–Crippen LogP) is 3.16. The molecule has 0 bridgehead atoms. The Kier molecular flexibility index (Phi) is 3.43. The number of hydrogen-bond acceptors (Lipinski definition) is 3. The molecule has 0 radical (unpaired) electrons. The van der Waals surface area contributed by atoms with Crippen LogP contribution < -0.4 is 0 Å². The van der Waals surface area contributed by atoms with Gasteiger partial charge in [-0.2, -0.15) is 0 Å². The molecule has 4 unspecified atom stereocenters. The van der Waals surface area contributed by atoms with Gasteiger partial charge in [-0.25, -0.2) is 4.89 Å². The first-order chi connectivity index (χ1) is 8.28. The molecule has 2 rings (SSSR count). The molecule has 0 amide bonds. The van der Waals surface area contributed by atoms with Gasteiger partial charge in [0.25, 0.3) is 0 Å². The minimum absolute atomic E-state index is 0.161. The van der Waals surface area contributed by atoms with Gasteiger partial charge in [0.2, 0.25) is 0 Å². The Balaban J connectivity index is 2.28. The average molecular weight is 252 g/mol. The van der Waals surface area contributed by atoms with Crippen LogP contribution in [-0.4, -0.2) is 21.6 Å². The van der Waals surface area contributed by atoms with Gasteiger partial charge in [-0.05, 0) is 46.0 Å². The van der Waals surface area contributed by atoms with Gasteiger partial charge in [0.1, 0.15) is 5.60 Å². The Morgan fingerprint density at radius 1 is 1.50 bits per heavy atom. The van der Waals surface area contributed by atoms with Crippen LogP contribution in [0.4, 0.5) is 0 Å². The van der Waals surface area contributed by atoms with Crippen molar-refractivity contribution in [2.24, 2.45) is 17.8 Å². The van der Waals surface area contributed by atoms with E-state index in [1.54, 1.807) is 0 Å². The van der Waals surface area contributed by atoms with Crippen molar-refractivity contribution >= 4 is 0 Å². The summed E-state index contributed by atoms with van der Waals surface area (Å²) in [6.07, 6.45) is 6.75. The molecule has 2 aliphatic carbocycles. The molecule has 0 aromatic rings. The quantitative estimate of drug-likeness (QED) is 0.451. The zero-order valence-corrected chi connectivity index (χ0v) is 11.5. The van der Waals surface area contributed by atoms with E-state index in [1.807, 2.05) is 26.8 Å². The first-order valence-corrected chi connectivity index (χ1v) is 6.70. The molecule has 0 heterocycles. The van der Waals surface area contributed by atoms with E-state index in [9.17, 15) is 10.4 Å². The summed E-state index contributed by atoms with van der Waals surface area (Å²) >= 11 is 0. The molecule has 0 aromatic carbocycles. The maximum absolute atomic E-state index is 10.3. The van der Waals surface area contributed by atoms with E-state index in [4.69, 9.17) is 4.89 Å². The van der Waals surface area contributed by atoms with Crippen molar-refractivity contribution in [3.8, 4) is 0 Å². The lowest BCUT2D eigenvalue weighted by Gasteiger charge is -2.35. The van der Waals surface area contributed by atoms with E-state index in [0.717, 1.165) is 19.3 Å². The monoisotopic (exact) mass is 252 g/mol. The minimum Gasteiger partial charge on any atom is -0.390 e.